The van der Waals surface area contributed by atoms with Crippen LogP contribution in [0.5, 0.6) is 5.75 Å². The summed E-state index contributed by atoms with van der Waals surface area (Å²) in [4.78, 5) is 37.4. The van der Waals surface area contributed by atoms with E-state index in [1.165, 1.54) is 0 Å². The fourth-order valence-electron chi connectivity index (χ4n) is 4.13. The van der Waals surface area contributed by atoms with Crippen LogP contribution in [-0.2, 0) is 17.9 Å². The van der Waals surface area contributed by atoms with Crippen LogP contribution < -0.4 is 10.3 Å². The highest BCUT2D eigenvalue weighted by molar-refractivity contribution is 6.30. The highest BCUT2D eigenvalue weighted by Crippen LogP contribution is 2.27. The minimum atomic E-state index is -1.15. The second-order valence-corrected chi connectivity index (χ2v) is 9.25. The SMILES string of the molecule is O=C(CC(CCn1nnc2ccccc2c1=O)C(=O)O)c1cc2cc(OCc3cccc(Cl)c3)ccc2o1. The van der Waals surface area contributed by atoms with Gasteiger partial charge in [0.15, 0.2) is 11.5 Å². The lowest BCUT2D eigenvalue weighted by Gasteiger charge is -2.11. The topological polar surface area (TPSA) is 125 Å². The Kier molecular flexibility index (Phi) is 7.19. The van der Waals surface area contributed by atoms with Crippen molar-refractivity contribution in [3.8, 4) is 5.75 Å². The van der Waals surface area contributed by atoms with E-state index >= 15 is 0 Å². The Labute approximate surface area is 221 Å². The molecular weight excluding hydrogens is 510 g/mol. The van der Waals surface area contributed by atoms with Crippen LogP contribution in [0, 0.1) is 5.92 Å². The van der Waals surface area contributed by atoms with Crippen LogP contribution in [-0.4, -0.2) is 31.9 Å². The van der Waals surface area contributed by atoms with Crippen LogP contribution >= 0.6 is 11.6 Å². The van der Waals surface area contributed by atoms with Crippen LogP contribution in [0.1, 0.15) is 29.0 Å². The van der Waals surface area contributed by atoms with E-state index in [9.17, 15) is 19.5 Å². The van der Waals surface area contributed by atoms with Crippen molar-refractivity contribution < 1.29 is 23.8 Å². The molecule has 0 radical (unpaired) electrons. The van der Waals surface area contributed by atoms with Gasteiger partial charge in [-0.1, -0.05) is 41.1 Å². The van der Waals surface area contributed by atoms with Gasteiger partial charge in [-0.25, -0.2) is 4.68 Å². The number of carbonyl (C=O) groups excluding carboxylic acids is 1. The number of Topliss-reactive ketones (excluding diaryl/α,β-unsaturated/α-hetero) is 1. The zero-order valence-electron chi connectivity index (χ0n) is 20.0. The number of carbonyl (C=O) groups is 2. The van der Waals surface area contributed by atoms with E-state index in [1.807, 2.05) is 18.2 Å². The fraction of sp³-hybridized carbons (Fsp3) is 0.179. The molecule has 0 saturated carbocycles. The van der Waals surface area contributed by atoms with Crippen molar-refractivity contribution in [2.75, 3.05) is 0 Å². The molecule has 192 valence electrons. The molecule has 0 saturated heterocycles. The van der Waals surface area contributed by atoms with Crippen LogP contribution in [0.4, 0.5) is 0 Å². The van der Waals surface area contributed by atoms with Crippen molar-refractivity contribution in [1.29, 1.82) is 0 Å². The average molecular weight is 532 g/mol. The number of halogens is 1. The molecule has 0 aliphatic heterocycles. The van der Waals surface area contributed by atoms with Gasteiger partial charge in [0.1, 0.15) is 23.5 Å². The molecule has 38 heavy (non-hydrogen) atoms. The highest BCUT2D eigenvalue weighted by Gasteiger charge is 2.24. The number of rotatable bonds is 10. The average Bonchev–Trinajstić information content (AvgIpc) is 3.34. The molecule has 9 nitrogen and oxygen atoms in total. The van der Waals surface area contributed by atoms with E-state index in [4.69, 9.17) is 20.8 Å². The number of ether oxygens (including phenoxy) is 1. The first-order valence-electron chi connectivity index (χ1n) is 11.9. The monoisotopic (exact) mass is 531 g/mol. The number of aliphatic carboxylic acids is 1. The summed E-state index contributed by atoms with van der Waals surface area (Å²) in [7, 11) is 0. The predicted molar refractivity (Wildman–Crippen MR) is 140 cm³/mol. The van der Waals surface area contributed by atoms with Gasteiger partial charge in [-0.05, 0) is 60.5 Å². The van der Waals surface area contributed by atoms with Crippen molar-refractivity contribution in [3.63, 3.8) is 0 Å². The van der Waals surface area contributed by atoms with Gasteiger partial charge in [0.2, 0.25) is 0 Å². The third-order valence-corrected chi connectivity index (χ3v) is 6.39. The Bertz CT molecular complexity index is 1710. The molecule has 0 bridgehead atoms. The highest BCUT2D eigenvalue weighted by atomic mass is 35.5. The predicted octanol–water partition coefficient (Wildman–Crippen LogP) is 5.13. The standard InChI is InChI=1S/C28H22ClN3O6/c29-20-5-3-4-17(12-20)16-37-21-8-9-25-19(13-21)15-26(38-25)24(33)14-18(28(35)36)10-11-32-27(34)22-6-1-2-7-23(22)30-31-32/h1-9,12-13,15,18H,10-11,14,16H2,(H,35,36). The fourth-order valence-corrected chi connectivity index (χ4v) is 4.34. The number of hydrogen-bond acceptors (Lipinski definition) is 7. The van der Waals surface area contributed by atoms with Crippen LogP contribution in [0.3, 0.4) is 0 Å². The number of aryl methyl sites for hydroxylation is 1. The number of hydrogen-bond donors (Lipinski definition) is 1. The molecule has 0 spiro atoms. The van der Waals surface area contributed by atoms with E-state index in [-0.39, 0.29) is 30.7 Å². The molecule has 5 aromatic rings. The molecule has 2 aromatic heterocycles. The first-order chi connectivity index (χ1) is 18.4. The van der Waals surface area contributed by atoms with Gasteiger partial charge >= 0.3 is 5.97 Å². The Hall–Kier alpha value is -4.50. The molecule has 0 amide bonds. The van der Waals surface area contributed by atoms with Crippen LogP contribution in [0.25, 0.3) is 21.9 Å². The number of benzene rings is 3. The summed E-state index contributed by atoms with van der Waals surface area (Å²) in [5.41, 5.74) is 1.49. The Balaban J connectivity index is 1.25. The lowest BCUT2D eigenvalue weighted by atomic mass is 9.98. The maximum absolute atomic E-state index is 12.9. The molecule has 10 heteroatoms. The van der Waals surface area contributed by atoms with Gasteiger partial charge in [0.25, 0.3) is 5.56 Å². The molecule has 5 rings (SSSR count). The van der Waals surface area contributed by atoms with Gasteiger partial charge in [-0.2, -0.15) is 0 Å². The number of furan rings is 1. The summed E-state index contributed by atoms with van der Waals surface area (Å²) in [5, 5.41) is 19.3. The molecule has 1 unspecified atom stereocenters. The number of aromatic nitrogens is 3. The lowest BCUT2D eigenvalue weighted by Crippen LogP contribution is -2.27. The maximum atomic E-state index is 12.9. The van der Waals surface area contributed by atoms with Crippen molar-refractivity contribution in [1.82, 2.24) is 15.0 Å². The number of fused-ring (bicyclic) bond motifs is 2. The van der Waals surface area contributed by atoms with Gasteiger partial charge < -0.3 is 14.3 Å². The second kappa shape index (κ2) is 10.9. The molecular formula is C28H22ClN3O6. The van der Waals surface area contributed by atoms with E-state index in [1.54, 1.807) is 54.6 Å². The van der Waals surface area contributed by atoms with E-state index < -0.39 is 17.7 Å². The van der Waals surface area contributed by atoms with Gasteiger partial charge in [-0.15, -0.1) is 5.10 Å². The number of nitrogens with zero attached hydrogens (tertiary/aromatic N) is 3. The largest absolute Gasteiger partial charge is 0.489 e. The summed E-state index contributed by atoms with van der Waals surface area (Å²) in [6.07, 6.45) is -0.265. The minimum Gasteiger partial charge on any atom is -0.489 e. The van der Waals surface area contributed by atoms with Crippen molar-refractivity contribution in [2.45, 2.75) is 26.0 Å². The van der Waals surface area contributed by atoms with Crippen molar-refractivity contribution in [2.24, 2.45) is 5.92 Å². The first-order valence-corrected chi connectivity index (χ1v) is 12.2. The molecule has 1 atom stereocenters. The maximum Gasteiger partial charge on any atom is 0.307 e. The van der Waals surface area contributed by atoms with E-state index in [0.717, 1.165) is 10.2 Å². The molecule has 0 fully saturated rings. The van der Waals surface area contributed by atoms with E-state index in [0.29, 0.717) is 39.3 Å². The van der Waals surface area contributed by atoms with Crippen molar-refractivity contribution in [3.05, 3.63) is 99.5 Å². The van der Waals surface area contributed by atoms with Crippen molar-refractivity contribution >= 4 is 45.2 Å². The summed E-state index contributed by atoms with van der Waals surface area (Å²) in [6.45, 7) is 0.328. The number of carboxylic acid groups (broad SMARTS) is 1. The summed E-state index contributed by atoms with van der Waals surface area (Å²) in [6, 6.07) is 20.9. The molecule has 2 heterocycles. The summed E-state index contributed by atoms with van der Waals surface area (Å²) >= 11 is 6.01. The van der Waals surface area contributed by atoms with Gasteiger partial charge in [0, 0.05) is 23.4 Å². The third kappa shape index (κ3) is 5.57. The van der Waals surface area contributed by atoms with Crippen LogP contribution in [0.15, 0.2) is 82.0 Å². The van der Waals surface area contributed by atoms with Gasteiger partial charge in [0.05, 0.1) is 11.3 Å². The van der Waals surface area contributed by atoms with Gasteiger partial charge in [-0.3, -0.25) is 14.4 Å². The Morgan fingerprint density at radius 3 is 2.71 bits per heavy atom. The summed E-state index contributed by atoms with van der Waals surface area (Å²) < 4.78 is 12.6. The molecule has 0 aliphatic rings. The second-order valence-electron chi connectivity index (χ2n) is 8.81. The molecule has 3 aromatic carbocycles. The quantitative estimate of drug-likeness (QED) is 0.246. The zero-order chi connectivity index (χ0) is 26.6. The van der Waals surface area contributed by atoms with E-state index in [2.05, 4.69) is 10.3 Å². The lowest BCUT2D eigenvalue weighted by molar-refractivity contribution is -0.142. The first kappa shape index (κ1) is 25.2. The number of carboxylic acids is 1. The molecule has 1 N–H and O–H groups in total. The zero-order valence-corrected chi connectivity index (χ0v) is 20.8. The van der Waals surface area contributed by atoms with Crippen LogP contribution in [0.2, 0.25) is 5.02 Å². The Morgan fingerprint density at radius 1 is 1.05 bits per heavy atom. The number of ketones is 1. The summed E-state index contributed by atoms with van der Waals surface area (Å²) in [5.74, 6) is -1.99. The smallest absolute Gasteiger partial charge is 0.307 e. The normalized spacial score (nSPS) is 12.0. The molecule has 0 aliphatic carbocycles. The Morgan fingerprint density at radius 2 is 1.89 bits per heavy atom. The third-order valence-electron chi connectivity index (χ3n) is 6.16. The minimum absolute atomic E-state index is 0.00830.